The molecule has 0 radical (unpaired) electrons. The number of hydrogen-bond acceptors (Lipinski definition) is 2. The molecule has 0 saturated heterocycles. The Hall–Kier alpha value is -4.69. The van der Waals surface area contributed by atoms with Gasteiger partial charge in [-0.25, -0.2) is 0 Å². The van der Waals surface area contributed by atoms with Gasteiger partial charge in [0.05, 0.1) is 5.69 Å². The van der Waals surface area contributed by atoms with Crippen molar-refractivity contribution in [1.29, 1.82) is 0 Å². The van der Waals surface area contributed by atoms with Crippen molar-refractivity contribution >= 4 is 33.1 Å². The van der Waals surface area contributed by atoms with E-state index in [0.717, 1.165) is 17.1 Å². The van der Waals surface area contributed by atoms with Crippen LogP contribution in [0.4, 0.5) is 5.69 Å². The molecule has 1 heterocycles. The molecule has 2 heteroatoms. The number of hydrogen-bond donors (Lipinski definition) is 1. The third kappa shape index (κ3) is 3.31. The van der Waals surface area contributed by atoms with Crippen molar-refractivity contribution in [2.75, 3.05) is 5.32 Å². The molecule has 0 amide bonds. The standard InChI is InChI=1S/C37H28N2/c1-37(2)32-14-8-7-13-29(32)30-19-18-26(22-33(30)37)34-31-20-17-24-10-5-6-12-28(24)35(31)39-36(38-34)27-16-15-23-9-3-4-11-25(23)21-27/h3-22,34H,1-2H3,(H,38,39). The lowest BCUT2D eigenvalue weighted by Crippen LogP contribution is -2.23. The van der Waals surface area contributed by atoms with Crippen molar-refractivity contribution < 1.29 is 0 Å². The normalized spacial score (nSPS) is 16.8. The second kappa shape index (κ2) is 8.15. The highest BCUT2D eigenvalue weighted by Gasteiger charge is 2.36. The molecule has 1 atom stereocenters. The van der Waals surface area contributed by atoms with E-state index in [2.05, 4.69) is 140 Å². The number of anilines is 1. The first-order valence-electron chi connectivity index (χ1n) is 13.7. The summed E-state index contributed by atoms with van der Waals surface area (Å²) >= 11 is 0. The Morgan fingerprint density at radius 2 is 1.33 bits per heavy atom. The van der Waals surface area contributed by atoms with Crippen molar-refractivity contribution in [3.8, 4) is 11.1 Å². The van der Waals surface area contributed by atoms with E-state index in [4.69, 9.17) is 4.99 Å². The van der Waals surface area contributed by atoms with Gasteiger partial charge in [0.25, 0.3) is 0 Å². The molecule has 2 aliphatic rings. The fourth-order valence-corrected chi connectivity index (χ4v) is 6.63. The van der Waals surface area contributed by atoms with Gasteiger partial charge in [-0.3, -0.25) is 4.99 Å². The molecule has 8 rings (SSSR count). The number of aliphatic imine (C=N–C) groups is 1. The van der Waals surface area contributed by atoms with Crippen LogP contribution in [0.3, 0.4) is 0 Å². The zero-order valence-corrected chi connectivity index (χ0v) is 22.1. The van der Waals surface area contributed by atoms with Crippen molar-refractivity contribution in [3.05, 3.63) is 149 Å². The van der Waals surface area contributed by atoms with Crippen LogP contribution in [0.25, 0.3) is 32.7 Å². The Bertz CT molecular complexity index is 1980. The van der Waals surface area contributed by atoms with Crippen LogP contribution < -0.4 is 5.32 Å². The van der Waals surface area contributed by atoms with Crippen molar-refractivity contribution in [2.24, 2.45) is 4.99 Å². The molecular weight excluding hydrogens is 472 g/mol. The second-order valence-electron chi connectivity index (χ2n) is 11.3. The van der Waals surface area contributed by atoms with Gasteiger partial charge in [0.15, 0.2) is 0 Å². The van der Waals surface area contributed by atoms with Crippen LogP contribution in [0.2, 0.25) is 0 Å². The smallest absolute Gasteiger partial charge is 0.133 e. The lowest BCUT2D eigenvalue weighted by Gasteiger charge is -2.28. The van der Waals surface area contributed by atoms with Crippen LogP contribution in [0.15, 0.2) is 126 Å². The maximum Gasteiger partial charge on any atom is 0.133 e. The van der Waals surface area contributed by atoms with E-state index < -0.39 is 0 Å². The molecule has 186 valence electrons. The minimum atomic E-state index is -0.0999. The number of rotatable bonds is 2. The molecule has 6 aromatic carbocycles. The van der Waals surface area contributed by atoms with Gasteiger partial charge in [-0.1, -0.05) is 129 Å². The van der Waals surface area contributed by atoms with Gasteiger partial charge < -0.3 is 5.32 Å². The minimum absolute atomic E-state index is 0.0496. The predicted molar refractivity (Wildman–Crippen MR) is 164 cm³/mol. The minimum Gasteiger partial charge on any atom is -0.339 e. The van der Waals surface area contributed by atoms with E-state index in [0.29, 0.717) is 0 Å². The highest BCUT2D eigenvalue weighted by Crippen LogP contribution is 2.50. The Labute approximate surface area is 228 Å². The maximum atomic E-state index is 5.41. The van der Waals surface area contributed by atoms with E-state index in [-0.39, 0.29) is 11.5 Å². The van der Waals surface area contributed by atoms with Crippen molar-refractivity contribution in [2.45, 2.75) is 25.3 Å². The molecule has 1 aliphatic heterocycles. The van der Waals surface area contributed by atoms with Gasteiger partial charge in [0.2, 0.25) is 0 Å². The number of nitrogens with one attached hydrogen (secondary N) is 1. The Kier molecular flexibility index (Phi) is 4.66. The molecule has 1 unspecified atom stereocenters. The summed E-state index contributed by atoms with van der Waals surface area (Å²) in [5, 5.41) is 8.66. The van der Waals surface area contributed by atoms with Gasteiger partial charge in [-0.2, -0.15) is 0 Å². The molecule has 6 aromatic rings. The number of nitrogens with zero attached hydrogens (tertiary/aromatic N) is 1. The first-order chi connectivity index (χ1) is 19.1. The molecule has 1 aliphatic carbocycles. The van der Waals surface area contributed by atoms with Crippen LogP contribution in [0, 0.1) is 0 Å². The van der Waals surface area contributed by atoms with Crippen molar-refractivity contribution in [1.82, 2.24) is 0 Å². The Morgan fingerprint density at radius 3 is 2.23 bits per heavy atom. The lowest BCUT2D eigenvalue weighted by molar-refractivity contribution is 0.658. The van der Waals surface area contributed by atoms with E-state index >= 15 is 0 Å². The lowest BCUT2D eigenvalue weighted by atomic mass is 9.81. The molecule has 0 bridgehead atoms. The van der Waals surface area contributed by atoms with Crippen LogP contribution in [0.1, 0.15) is 47.7 Å². The first kappa shape index (κ1) is 22.3. The molecule has 1 N–H and O–H groups in total. The molecule has 0 fully saturated rings. The largest absolute Gasteiger partial charge is 0.339 e. The van der Waals surface area contributed by atoms with E-state index in [1.54, 1.807) is 0 Å². The van der Waals surface area contributed by atoms with Crippen LogP contribution in [-0.4, -0.2) is 5.84 Å². The van der Waals surface area contributed by atoms with Crippen LogP contribution >= 0.6 is 0 Å². The predicted octanol–water partition coefficient (Wildman–Crippen LogP) is 9.26. The molecule has 0 saturated carbocycles. The monoisotopic (exact) mass is 500 g/mol. The molecule has 0 spiro atoms. The summed E-state index contributed by atoms with van der Waals surface area (Å²) in [5.74, 6) is 0.914. The fourth-order valence-electron chi connectivity index (χ4n) is 6.63. The molecular formula is C37H28N2. The highest BCUT2D eigenvalue weighted by atomic mass is 15.0. The average Bonchev–Trinajstić information content (AvgIpc) is 3.22. The van der Waals surface area contributed by atoms with E-state index in [9.17, 15) is 0 Å². The van der Waals surface area contributed by atoms with Gasteiger partial charge in [0.1, 0.15) is 11.9 Å². The maximum absolute atomic E-state index is 5.41. The zero-order chi connectivity index (χ0) is 26.1. The summed E-state index contributed by atoms with van der Waals surface area (Å²) in [6.45, 7) is 4.68. The molecule has 0 aromatic heterocycles. The molecule has 2 nitrogen and oxygen atoms in total. The van der Waals surface area contributed by atoms with Crippen LogP contribution in [0.5, 0.6) is 0 Å². The average molecular weight is 501 g/mol. The Morgan fingerprint density at radius 1 is 0.615 bits per heavy atom. The van der Waals surface area contributed by atoms with Gasteiger partial charge >= 0.3 is 0 Å². The van der Waals surface area contributed by atoms with Gasteiger partial charge in [0, 0.05) is 21.9 Å². The summed E-state index contributed by atoms with van der Waals surface area (Å²) in [5.41, 5.74) is 10.1. The van der Waals surface area contributed by atoms with E-state index in [1.165, 1.54) is 54.9 Å². The summed E-state index contributed by atoms with van der Waals surface area (Å²) in [7, 11) is 0. The van der Waals surface area contributed by atoms with Gasteiger partial charge in [-0.05, 0) is 50.0 Å². The van der Waals surface area contributed by atoms with Crippen molar-refractivity contribution in [3.63, 3.8) is 0 Å². The first-order valence-corrected chi connectivity index (χ1v) is 13.7. The molecule has 39 heavy (non-hydrogen) atoms. The zero-order valence-electron chi connectivity index (χ0n) is 22.1. The summed E-state index contributed by atoms with van der Waals surface area (Å²) in [4.78, 5) is 5.41. The third-order valence-corrected chi connectivity index (χ3v) is 8.70. The quantitative estimate of drug-likeness (QED) is 0.252. The Balaban J connectivity index is 1.34. The summed E-state index contributed by atoms with van der Waals surface area (Å²) in [6, 6.07) is 44.0. The number of benzene rings is 6. The number of fused-ring (bicyclic) bond motifs is 7. The topological polar surface area (TPSA) is 24.4 Å². The second-order valence-corrected chi connectivity index (χ2v) is 11.3. The highest BCUT2D eigenvalue weighted by molar-refractivity contribution is 6.15. The third-order valence-electron chi connectivity index (χ3n) is 8.70. The summed E-state index contributed by atoms with van der Waals surface area (Å²) < 4.78 is 0. The summed E-state index contributed by atoms with van der Waals surface area (Å²) in [6.07, 6.45) is 0. The number of amidine groups is 1. The van der Waals surface area contributed by atoms with E-state index in [1.807, 2.05) is 0 Å². The van der Waals surface area contributed by atoms with Gasteiger partial charge in [-0.15, -0.1) is 0 Å². The van der Waals surface area contributed by atoms with Crippen LogP contribution in [-0.2, 0) is 5.41 Å². The SMILES string of the molecule is CC1(C)c2ccccc2-c2ccc(C3N=C(c4ccc5ccccc5c4)Nc4c3ccc3ccccc43)cc21. The fraction of sp³-hybridized carbons (Fsp3) is 0.108.